The largest absolute Gasteiger partial charge is 0.495 e. The standard InChI is InChI=1S/C29H36N6O5S/c1-33(41(3,38)39)26-7-5-4-6-24(26)27-11-9-22-17-30-29(32-35(22)27)31-25-10-8-21(16-28(25)40-2)20-12-14-34(15-13-20)18-23(37)19-36/h4-11,16-17,20,23,36-37H,12-15,18-19H2,1-3H3,(H,31,32). The molecule has 0 radical (unpaired) electrons. The zero-order valence-electron chi connectivity index (χ0n) is 23.4. The van der Waals surface area contributed by atoms with Gasteiger partial charge in [-0.2, -0.15) is 0 Å². The third kappa shape index (κ3) is 6.30. The van der Waals surface area contributed by atoms with Crippen LogP contribution in [0.4, 0.5) is 17.3 Å². The minimum Gasteiger partial charge on any atom is -0.495 e. The second-order valence-corrected chi connectivity index (χ2v) is 12.4. The lowest BCUT2D eigenvalue weighted by molar-refractivity contribution is 0.0513. The number of fused-ring (bicyclic) bond motifs is 1. The molecule has 2 aromatic carbocycles. The van der Waals surface area contributed by atoms with Crippen molar-refractivity contribution in [2.75, 3.05) is 56.3 Å². The number of methoxy groups -OCH3 is 1. The number of hydrogen-bond donors (Lipinski definition) is 3. The smallest absolute Gasteiger partial charge is 0.245 e. The van der Waals surface area contributed by atoms with Crippen LogP contribution in [0.25, 0.3) is 16.8 Å². The number of ether oxygens (including phenoxy) is 1. The molecule has 1 saturated heterocycles. The number of likely N-dealkylation sites (tertiary alicyclic amines) is 1. The molecular formula is C29H36N6O5S. The van der Waals surface area contributed by atoms with Crippen molar-refractivity contribution in [3.8, 4) is 17.0 Å². The van der Waals surface area contributed by atoms with Crippen LogP contribution in [0.15, 0.2) is 60.8 Å². The second kappa shape index (κ2) is 12.0. The number of piperidine rings is 1. The number of rotatable bonds is 10. The number of nitrogens with zero attached hydrogens (tertiary/aromatic N) is 5. The molecule has 0 bridgehead atoms. The highest BCUT2D eigenvalue weighted by molar-refractivity contribution is 7.92. The molecule has 1 aliphatic heterocycles. The molecule has 11 nitrogen and oxygen atoms in total. The Hall–Kier alpha value is -3.71. The summed E-state index contributed by atoms with van der Waals surface area (Å²) in [6.45, 7) is 1.99. The third-order valence-electron chi connectivity index (χ3n) is 7.63. The van der Waals surface area contributed by atoms with E-state index in [1.165, 1.54) is 23.2 Å². The maximum absolute atomic E-state index is 12.3. The topological polar surface area (TPSA) is 133 Å². The number of nitrogens with one attached hydrogen (secondary N) is 1. The van der Waals surface area contributed by atoms with Gasteiger partial charge in [-0.25, -0.2) is 17.9 Å². The summed E-state index contributed by atoms with van der Waals surface area (Å²) >= 11 is 0. The Morgan fingerprint density at radius 3 is 2.61 bits per heavy atom. The van der Waals surface area contributed by atoms with Crippen LogP contribution in [0.1, 0.15) is 24.3 Å². The van der Waals surface area contributed by atoms with Crippen molar-refractivity contribution in [3.05, 3.63) is 66.4 Å². The molecule has 0 aliphatic carbocycles. The van der Waals surface area contributed by atoms with Gasteiger partial charge in [0, 0.05) is 19.2 Å². The van der Waals surface area contributed by atoms with Gasteiger partial charge in [0.05, 0.1) is 54.9 Å². The van der Waals surface area contributed by atoms with Gasteiger partial charge in [0.25, 0.3) is 0 Å². The monoisotopic (exact) mass is 580 g/mol. The number of hydrogen-bond acceptors (Lipinski definition) is 9. The minimum atomic E-state index is -3.46. The molecule has 218 valence electrons. The van der Waals surface area contributed by atoms with Crippen molar-refractivity contribution in [1.82, 2.24) is 19.5 Å². The van der Waals surface area contributed by atoms with Gasteiger partial charge in [0.15, 0.2) is 0 Å². The molecule has 12 heteroatoms. The van der Waals surface area contributed by atoms with E-state index >= 15 is 0 Å². The van der Waals surface area contributed by atoms with Gasteiger partial charge in [0.2, 0.25) is 16.0 Å². The number of para-hydroxylation sites is 1. The molecule has 3 heterocycles. The van der Waals surface area contributed by atoms with E-state index in [1.807, 2.05) is 36.4 Å². The van der Waals surface area contributed by atoms with Crippen molar-refractivity contribution in [3.63, 3.8) is 0 Å². The van der Waals surface area contributed by atoms with E-state index in [0.717, 1.165) is 48.4 Å². The molecule has 1 fully saturated rings. The first-order chi connectivity index (χ1) is 19.7. The average molecular weight is 581 g/mol. The van der Waals surface area contributed by atoms with Crippen LogP contribution in [0.5, 0.6) is 5.75 Å². The highest BCUT2D eigenvalue weighted by Crippen LogP contribution is 2.36. The average Bonchev–Trinajstić information content (AvgIpc) is 3.40. The number of anilines is 3. The summed E-state index contributed by atoms with van der Waals surface area (Å²) < 4.78 is 33.3. The molecule has 1 unspecified atom stereocenters. The van der Waals surface area contributed by atoms with E-state index in [2.05, 4.69) is 21.3 Å². The van der Waals surface area contributed by atoms with Crippen LogP contribution >= 0.6 is 0 Å². The first-order valence-corrected chi connectivity index (χ1v) is 15.4. The van der Waals surface area contributed by atoms with Gasteiger partial charge in [-0.3, -0.25) is 4.31 Å². The number of aromatic nitrogens is 3. The van der Waals surface area contributed by atoms with E-state index in [0.29, 0.717) is 29.8 Å². The first-order valence-electron chi connectivity index (χ1n) is 13.5. The summed E-state index contributed by atoms with van der Waals surface area (Å²) in [6, 6.07) is 17.2. The fourth-order valence-corrected chi connectivity index (χ4v) is 5.81. The highest BCUT2D eigenvalue weighted by Gasteiger charge is 2.23. The van der Waals surface area contributed by atoms with E-state index in [-0.39, 0.29) is 6.61 Å². The zero-order valence-corrected chi connectivity index (χ0v) is 24.3. The molecule has 0 spiro atoms. The number of β-amino-alcohol motifs (C(OH)–C–C–N with tert-alkyl or cyclic N) is 1. The van der Waals surface area contributed by atoms with Crippen LogP contribution in [-0.2, 0) is 10.0 Å². The van der Waals surface area contributed by atoms with Crippen LogP contribution < -0.4 is 14.4 Å². The van der Waals surface area contributed by atoms with Gasteiger partial charge in [-0.15, -0.1) is 5.10 Å². The van der Waals surface area contributed by atoms with E-state index < -0.39 is 16.1 Å². The van der Waals surface area contributed by atoms with Crippen LogP contribution in [-0.4, -0.2) is 90.9 Å². The lowest BCUT2D eigenvalue weighted by Crippen LogP contribution is -2.39. The molecule has 5 rings (SSSR count). The predicted molar refractivity (Wildman–Crippen MR) is 159 cm³/mol. The molecule has 2 aromatic heterocycles. The summed E-state index contributed by atoms with van der Waals surface area (Å²) in [5, 5.41) is 26.9. The summed E-state index contributed by atoms with van der Waals surface area (Å²) in [7, 11) is -0.290. The Kier molecular flexibility index (Phi) is 8.45. The summed E-state index contributed by atoms with van der Waals surface area (Å²) in [5.74, 6) is 1.42. The molecule has 1 aliphatic rings. The van der Waals surface area contributed by atoms with Crippen molar-refractivity contribution >= 4 is 32.9 Å². The van der Waals surface area contributed by atoms with Crippen molar-refractivity contribution in [1.29, 1.82) is 0 Å². The fraction of sp³-hybridized carbons (Fsp3) is 0.379. The normalized spacial score (nSPS) is 15.6. The number of aliphatic hydroxyl groups excluding tert-OH is 2. The lowest BCUT2D eigenvalue weighted by atomic mass is 9.89. The molecule has 41 heavy (non-hydrogen) atoms. The lowest BCUT2D eigenvalue weighted by Gasteiger charge is -2.33. The Morgan fingerprint density at radius 2 is 1.90 bits per heavy atom. The number of benzene rings is 2. The molecular weight excluding hydrogens is 544 g/mol. The quantitative estimate of drug-likeness (QED) is 0.259. The highest BCUT2D eigenvalue weighted by atomic mass is 32.2. The van der Waals surface area contributed by atoms with Crippen molar-refractivity contribution in [2.24, 2.45) is 0 Å². The Bertz CT molecular complexity index is 1620. The molecule has 4 aromatic rings. The Labute approximate surface area is 240 Å². The Balaban J connectivity index is 1.38. The SMILES string of the molecule is COc1cc(C2CCN(CC(O)CO)CC2)ccc1Nc1ncc2ccc(-c3ccccc3N(C)S(C)(=O)=O)n2n1. The minimum absolute atomic E-state index is 0.221. The van der Waals surface area contributed by atoms with Gasteiger partial charge >= 0.3 is 0 Å². The van der Waals surface area contributed by atoms with E-state index in [9.17, 15) is 13.5 Å². The Morgan fingerprint density at radius 1 is 1.15 bits per heavy atom. The molecule has 0 amide bonds. The van der Waals surface area contributed by atoms with Gasteiger partial charge in [0.1, 0.15) is 5.75 Å². The van der Waals surface area contributed by atoms with Crippen molar-refractivity contribution < 1.29 is 23.4 Å². The molecule has 1 atom stereocenters. The van der Waals surface area contributed by atoms with Crippen LogP contribution in [0, 0.1) is 0 Å². The third-order valence-corrected chi connectivity index (χ3v) is 8.82. The van der Waals surface area contributed by atoms with Crippen LogP contribution in [0.2, 0.25) is 0 Å². The van der Waals surface area contributed by atoms with Gasteiger partial charge in [-0.05, 0) is 67.7 Å². The zero-order chi connectivity index (χ0) is 29.1. The van der Waals surface area contributed by atoms with E-state index in [1.54, 1.807) is 30.0 Å². The molecule has 3 N–H and O–H groups in total. The first kappa shape index (κ1) is 28.8. The van der Waals surface area contributed by atoms with E-state index in [4.69, 9.17) is 14.9 Å². The maximum Gasteiger partial charge on any atom is 0.245 e. The van der Waals surface area contributed by atoms with Crippen molar-refractivity contribution in [2.45, 2.75) is 24.9 Å². The summed E-state index contributed by atoms with van der Waals surface area (Å²) in [4.78, 5) is 6.67. The fourth-order valence-electron chi connectivity index (χ4n) is 5.30. The second-order valence-electron chi connectivity index (χ2n) is 10.4. The number of sulfonamides is 1. The van der Waals surface area contributed by atoms with Gasteiger partial charge in [-0.1, -0.05) is 24.3 Å². The number of aliphatic hydroxyl groups is 2. The maximum atomic E-state index is 12.3. The summed E-state index contributed by atoms with van der Waals surface area (Å²) in [5.41, 5.74) is 4.69. The predicted octanol–water partition coefficient (Wildman–Crippen LogP) is 3.08. The summed E-state index contributed by atoms with van der Waals surface area (Å²) in [6.07, 6.45) is 4.10. The van der Waals surface area contributed by atoms with Gasteiger partial charge < -0.3 is 25.2 Å². The van der Waals surface area contributed by atoms with Crippen LogP contribution in [0.3, 0.4) is 0 Å². The molecule has 0 saturated carbocycles.